The first-order valence-corrected chi connectivity index (χ1v) is 8.47. The summed E-state index contributed by atoms with van der Waals surface area (Å²) in [5.74, 6) is -0.228. The maximum Gasteiger partial charge on any atom is 0.335 e. The van der Waals surface area contributed by atoms with Gasteiger partial charge in [0, 0.05) is 12.0 Å². The van der Waals surface area contributed by atoms with Gasteiger partial charge in [0.25, 0.3) is 0 Å². The van der Waals surface area contributed by atoms with E-state index in [1.165, 1.54) is 0 Å². The second-order valence-corrected chi connectivity index (χ2v) is 6.11. The highest BCUT2D eigenvalue weighted by Gasteiger charge is 2.21. The highest BCUT2D eigenvalue weighted by Crippen LogP contribution is 2.31. The molecule has 0 spiro atoms. The monoisotopic (exact) mass is 339 g/mol. The summed E-state index contributed by atoms with van der Waals surface area (Å²) >= 11 is 0. The van der Waals surface area contributed by atoms with Gasteiger partial charge < -0.3 is 15.2 Å². The van der Waals surface area contributed by atoms with Gasteiger partial charge in [-0.2, -0.15) is 0 Å². The lowest BCUT2D eigenvalue weighted by Crippen LogP contribution is -2.28. The lowest BCUT2D eigenvalue weighted by molar-refractivity contribution is -0.121. The van der Waals surface area contributed by atoms with Crippen molar-refractivity contribution in [2.75, 3.05) is 6.61 Å². The molecule has 5 nitrogen and oxygen atoms in total. The number of nitrogens with one attached hydrogen (secondary N) is 1. The maximum atomic E-state index is 12.4. The first-order valence-electron chi connectivity index (χ1n) is 8.47. The number of carboxylic acids is 1. The summed E-state index contributed by atoms with van der Waals surface area (Å²) in [6.07, 6.45) is 2.36. The fraction of sp³-hybridized carbons (Fsp3) is 0.300. The van der Waals surface area contributed by atoms with E-state index in [1.807, 2.05) is 24.3 Å². The SMILES string of the molecule is O=C(CCc1ccccc1C(=O)O)NC1CCCOc2ccccc21. The third-order valence-corrected chi connectivity index (χ3v) is 4.39. The Balaban J connectivity index is 1.65. The smallest absolute Gasteiger partial charge is 0.335 e. The predicted molar refractivity (Wildman–Crippen MR) is 93.8 cm³/mol. The van der Waals surface area contributed by atoms with E-state index in [2.05, 4.69) is 5.32 Å². The molecule has 0 aromatic heterocycles. The normalized spacial score (nSPS) is 16.2. The zero-order chi connectivity index (χ0) is 17.6. The number of carbonyl (C=O) groups is 2. The van der Waals surface area contributed by atoms with Gasteiger partial charge in [0.1, 0.15) is 5.75 Å². The molecule has 1 unspecified atom stereocenters. The van der Waals surface area contributed by atoms with Crippen molar-refractivity contribution in [1.29, 1.82) is 0 Å². The van der Waals surface area contributed by atoms with E-state index in [9.17, 15) is 14.7 Å². The molecule has 2 N–H and O–H groups in total. The van der Waals surface area contributed by atoms with Gasteiger partial charge in [-0.05, 0) is 37.0 Å². The number of rotatable bonds is 5. The van der Waals surface area contributed by atoms with Crippen molar-refractivity contribution in [3.8, 4) is 5.75 Å². The Labute approximate surface area is 146 Å². The molecule has 1 atom stereocenters. The van der Waals surface area contributed by atoms with Gasteiger partial charge in [-0.3, -0.25) is 4.79 Å². The summed E-state index contributed by atoms with van der Waals surface area (Å²) in [5.41, 5.74) is 1.93. The average molecular weight is 339 g/mol. The molecule has 0 bridgehead atoms. The minimum Gasteiger partial charge on any atom is -0.493 e. The molecule has 0 radical (unpaired) electrons. The van der Waals surface area contributed by atoms with Crippen LogP contribution in [0.3, 0.4) is 0 Å². The van der Waals surface area contributed by atoms with Crippen molar-refractivity contribution in [1.82, 2.24) is 5.32 Å². The van der Waals surface area contributed by atoms with Crippen molar-refractivity contribution < 1.29 is 19.4 Å². The molecular weight excluding hydrogens is 318 g/mol. The highest BCUT2D eigenvalue weighted by molar-refractivity contribution is 5.89. The number of fused-ring (bicyclic) bond motifs is 1. The summed E-state index contributed by atoms with van der Waals surface area (Å²) in [5, 5.41) is 12.3. The number of benzene rings is 2. The van der Waals surface area contributed by atoms with Crippen molar-refractivity contribution in [2.45, 2.75) is 31.7 Å². The Morgan fingerprint density at radius 2 is 1.88 bits per heavy atom. The highest BCUT2D eigenvalue weighted by atomic mass is 16.5. The number of carbonyl (C=O) groups excluding carboxylic acids is 1. The fourth-order valence-electron chi connectivity index (χ4n) is 3.14. The quantitative estimate of drug-likeness (QED) is 0.876. The van der Waals surface area contributed by atoms with E-state index in [-0.39, 0.29) is 23.9 Å². The predicted octanol–water partition coefficient (Wildman–Crippen LogP) is 3.35. The third-order valence-electron chi connectivity index (χ3n) is 4.39. The van der Waals surface area contributed by atoms with Crippen LogP contribution in [0.1, 0.15) is 46.8 Å². The largest absolute Gasteiger partial charge is 0.493 e. The van der Waals surface area contributed by atoms with Gasteiger partial charge in [-0.1, -0.05) is 36.4 Å². The first kappa shape index (κ1) is 17.0. The third kappa shape index (κ3) is 4.18. The fourth-order valence-corrected chi connectivity index (χ4v) is 3.14. The lowest BCUT2D eigenvalue weighted by atomic mass is 10.0. The van der Waals surface area contributed by atoms with Gasteiger partial charge in [-0.15, -0.1) is 0 Å². The number of hydrogen-bond donors (Lipinski definition) is 2. The number of hydrogen-bond acceptors (Lipinski definition) is 3. The van der Waals surface area contributed by atoms with Gasteiger partial charge in [0.15, 0.2) is 0 Å². The van der Waals surface area contributed by atoms with E-state index >= 15 is 0 Å². The molecule has 2 aromatic carbocycles. The summed E-state index contributed by atoms with van der Waals surface area (Å²) < 4.78 is 5.72. The molecule has 0 fully saturated rings. The van der Waals surface area contributed by atoms with Crippen LogP contribution in [0.2, 0.25) is 0 Å². The van der Waals surface area contributed by atoms with E-state index < -0.39 is 5.97 Å². The maximum absolute atomic E-state index is 12.4. The number of carboxylic acid groups (broad SMARTS) is 1. The molecule has 0 saturated heterocycles. The van der Waals surface area contributed by atoms with Crippen molar-refractivity contribution in [3.63, 3.8) is 0 Å². The minimum absolute atomic E-state index is 0.0686. The Bertz CT molecular complexity index is 772. The van der Waals surface area contributed by atoms with Crippen LogP contribution in [-0.4, -0.2) is 23.6 Å². The molecule has 130 valence electrons. The molecule has 1 heterocycles. The number of aryl methyl sites for hydroxylation is 1. The van der Waals surface area contributed by atoms with E-state index in [1.54, 1.807) is 24.3 Å². The van der Waals surface area contributed by atoms with Gasteiger partial charge in [0.2, 0.25) is 5.91 Å². The summed E-state index contributed by atoms with van der Waals surface area (Å²) in [7, 11) is 0. The zero-order valence-corrected chi connectivity index (χ0v) is 13.9. The van der Waals surface area contributed by atoms with E-state index in [4.69, 9.17) is 4.74 Å². The summed E-state index contributed by atoms with van der Waals surface area (Å²) in [6, 6.07) is 14.5. The van der Waals surface area contributed by atoms with Crippen LogP contribution < -0.4 is 10.1 Å². The Morgan fingerprint density at radius 3 is 2.72 bits per heavy atom. The van der Waals surface area contributed by atoms with Crippen molar-refractivity contribution >= 4 is 11.9 Å². The molecule has 1 aliphatic heterocycles. The van der Waals surface area contributed by atoms with Crippen LogP contribution in [0, 0.1) is 0 Å². The molecule has 2 aromatic rings. The van der Waals surface area contributed by atoms with Crippen molar-refractivity contribution in [3.05, 3.63) is 65.2 Å². The van der Waals surface area contributed by atoms with Gasteiger partial charge in [-0.25, -0.2) is 4.79 Å². The van der Waals surface area contributed by atoms with Gasteiger partial charge in [0.05, 0.1) is 18.2 Å². The second kappa shape index (κ2) is 7.83. The molecule has 0 saturated carbocycles. The Morgan fingerprint density at radius 1 is 1.12 bits per heavy atom. The Kier molecular flexibility index (Phi) is 5.33. The average Bonchev–Trinajstić information content (AvgIpc) is 2.83. The summed E-state index contributed by atoms with van der Waals surface area (Å²) in [4.78, 5) is 23.6. The van der Waals surface area contributed by atoms with Crippen LogP contribution in [0.25, 0.3) is 0 Å². The second-order valence-electron chi connectivity index (χ2n) is 6.11. The summed E-state index contributed by atoms with van der Waals surface area (Å²) in [6.45, 7) is 0.648. The zero-order valence-electron chi connectivity index (χ0n) is 13.9. The van der Waals surface area contributed by atoms with Crippen LogP contribution in [0.15, 0.2) is 48.5 Å². The number of ether oxygens (including phenoxy) is 1. The molecular formula is C20H21NO4. The first-order chi connectivity index (χ1) is 12.1. The van der Waals surface area contributed by atoms with Gasteiger partial charge >= 0.3 is 5.97 Å². The van der Waals surface area contributed by atoms with Crippen LogP contribution in [-0.2, 0) is 11.2 Å². The molecule has 1 amide bonds. The number of amides is 1. The topological polar surface area (TPSA) is 75.6 Å². The molecule has 1 aliphatic rings. The van der Waals surface area contributed by atoms with E-state index in [0.717, 1.165) is 24.2 Å². The van der Waals surface area contributed by atoms with Crippen LogP contribution >= 0.6 is 0 Å². The number of aromatic carboxylic acids is 1. The van der Waals surface area contributed by atoms with Crippen LogP contribution in [0.4, 0.5) is 0 Å². The minimum atomic E-state index is -0.967. The molecule has 5 heteroatoms. The van der Waals surface area contributed by atoms with Crippen molar-refractivity contribution in [2.24, 2.45) is 0 Å². The molecule has 0 aliphatic carbocycles. The lowest BCUT2D eigenvalue weighted by Gasteiger charge is -2.18. The molecule has 25 heavy (non-hydrogen) atoms. The van der Waals surface area contributed by atoms with E-state index in [0.29, 0.717) is 18.6 Å². The standard InChI is InChI=1S/C20H21NO4/c22-19(12-11-14-6-1-2-7-15(14)20(23)24)21-17-9-5-13-25-18-10-4-3-8-16(17)18/h1-4,6-8,10,17H,5,9,11-13H2,(H,21,22)(H,23,24). The Hall–Kier alpha value is -2.82. The van der Waals surface area contributed by atoms with Crippen LogP contribution in [0.5, 0.6) is 5.75 Å². The number of para-hydroxylation sites is 1. The molecule has 3 rings (SSSR count).